The van der Waals surface area contributed by atoms with Crippen LogP contribution >= 0.6 is 51.1 Å². The second-order valence-electron chi connectivity index (χ2n) is 45.0. The molecule has 3 N–H and O–H groups in total. The van der Waals surface area contributed by atoms with Crippen LogP contribution in [0.3, 0.4) is 0 Å². The first-order valence-electron chi connectivity index (χ1n) is 52.0. The van der Waals surface area contributed by atoms with Gasteiger partial charge >= 0.3 is 114 Å². The number of phenols is 3. The monoisotopic (exact) mass is 2260 g/mol. The zero-order valence-corrected chi connectivity index (χ0v) is 100. The first-order chi connectivity index (χ1) is 66.5. The summed E-state index contributed by atoms with van der Waals surface area (Å²) >= 11 is -2.48. The van der Waals surface area contributed by atoms with E-state index < -0.39 is 62.5 Å². The number of nitrogens with zero attached hydrogens (tertiary/aromatic N) is 3. The quantitative estimate of drug-likeness (QED) is 0.0454. The number of fused-ring (bicyclic) bond motifs is 9. The summed E-state index contributed by atoms with van der Waals surface area (Å²) in [6, 6.07) is 29.3. The minimum atomic E-state index is -0.826. The van der Waals surface area contributed by atoms with E-state index in [1.54, 1.807) is 0 Å². The molecule has 142 heavy (non-hydrogen) atoms. The topological polar surface area (TPSA) is 97.8 Å². The van der Waals surface area contributed by atoms with E-state index in [1.165, 1.54) is 143 Å². The molecule has 11 atom stereocenters. The summed E-state index contributed by atoms with van der Waals surface area (Å²) in [5.74, 6) is 30.3. The van der Waals surface area contributed by atoms with Gasteiger partial charge in [0.15, 0.2) is 0 Å². The van der Waals surface area contributed by atoms with Crippen LogP contribution in [0.25, 0.3) is 11.1 Å². The summed E-state index contributed by atoms with van der Waals surface area (Å²) in [4.78, 5) is 14.7. The number of phenolic OH excluding ortho intramolecular Hbond substituents is 3. The first kappa shape index (κ1) is 121. The van der Waals surface area contributed by atoms with Crippen LogP contribution in [0.1, 0.15) is 342 Å². The molecule has 0 spiro atoms. The molecule has 11 unspecified atom stereocenters. The van der Waals surface area contributed by atoms with Crippen LogP contribution in [0.15, 0.2) is 215 Å². The van der Waals surface area contributed by atoms with Crippen LogP contribution in [-0.2, 0) is 90.6 Å². The van der Waals surface area contributed by atoms with Crippen molar-refractivity contribution in [2.75, 3.05) is 0 Å². The molecule has 5 aromatic rings. The fraction of sp³-hybridized carbons (Fsp3) is 0.504. The average Bonchev–Trinajstić information content (AvgIpc) is 1.57. The molecule has 6 nitrogen and oxygen atoms in total. The summed E-state index contributed by atoms with van der Waals surface area (Å²) < 4.78 is 0. The van der Waals surface area contributed by atoms with Crippen molar-refractivity contribution in [1.29, 1.82) is 0 Å². The van der Waals surface area contributed by atoms with Crippen molar-refractivity contribution in [3.8, 4) is 63.9 Å². The third-order valence-electron chi connectivity index (χ3n) is 33.3. The van der Waals surface area contributed by atoms with Crippen LogP contribution in [0, 0.1) is 147 Å². The number of rotatable bonds is 18. The van der Waals surface area contributed by atoms with Crippen LogP contribution in [0.2, 0.25) is 0 Å². The molecule has 13 aliphatic carbocycles. The van der Waals surface area contributed by atoms with Gasteiger partial charge in [-0.15, -0.1) is 0 Å². The third kappa shape index (κ3) is 30.5. The summed E-state index contributed by atoms with van der Waals surface area (Å²) in [7, 11) is 29.6. The predicted octanol–water partition coefficient (Wildman–Crippen LogP) is 36.2. The number of aliphatic imine (C=N–C) groups is 3. The molecule has 758 valence electrons. The molecule has 0 radical (unpaired) electrons. The van der Waals surface area contributed by atoms with Gasteiger partial charge in [-0.1, -0.05) is 360 Å². The van der Waals surface area contributed by atoms with Gasteiger partial charge in [-0.05, 0) is 264 Å². The van der Waals surface area contributed by atoms with Gasteiger partial charge in [-0.2, -0.15) is 0 Å². The number of allylic oxidation sites excluding steroid dienone is 20. The zero-order valence-electron chi connectivity index (χ0n) is 88.2. The van der Waals surface area contributed by atoms with Crippen molar-refractivity contribution in [3.05, 3.63) is 296 Å². The molecular weight excluding hydrogens is 2100 g/mol. The summed E-state index contributed by atoms with van der Waals surface area (Å²) in [5.41, 5.74) is 16.6. The van der Waals surface area contributed by atoms with Crippen LogP contribution in [0.5, 0.6) is 17.2 Å². The molecule has 15 heteroatoms. The van der Waals surface area contributed by atoms with Gasteiger partial charge in [0.25, 0.3) is 0 Å². The van der Waals surface area contributed by atoms with Gasteiger partial charge in [-0.3, -0.25) is 15.0 Å². The van der Waals surface area contributed by atoms with E-state index >= 15 is 0 Å². The average molecular weight is 2270 g/mol. The molecule has 0 heterocycles. The Morgan fingerprint density at radius 1 is 0.380 bits per heavy atom. The summed E-state index contributed by atoms with van der Waals surface area (Å²) in [6.07, 6.45) is 88.4. The molecule has 5 aromatic carbocycles. The fourth-order valence-corrected chi connectivity index (χ4v) is 26.2. The van der Waals surface area contributed by atoms with Crippen molar-refractivity contribution in [2.45, 2.75) is 322 Å². The molecule has 0 aromatic heterocycles. The Labute approximate surface area is 916 Å². The molecule has 7 fully saturated rings. The fourth-order valence-electron chi connectivity index (χ4n) is 26.2. The van der Waals surface area contributed by atoms with Gasteiger partial charge in [0.05, 0.1) is 0 Å². The zero-order chi connectivity index (χ0) is 98.2. The SMILES string of the molecule is CC(C)(C)c1cc(C#CCCC(C)(C2=CCC=C2)c2cccc3c2Cc2ccccc2-3)cc(C=NC2CCCCC2)c1O.CC(C)(C)c1cc(C#CCCC(C)(C2CCCC2)C2C3C=CC=CC3C3C=CC=CC32)cc(C=NC2CCCCC2)c1O.CC(C)(C)c1cc(C#CCCC(C)(C2CCCC2)C2C3C=CC=CC3C3C=CC=CC32)cc(C=NC2CCCCC2)c1O.[CH3-].[CH3-].[CH3-].[CH3-].[Cl][Zr+2][Cl].[Cl][Zr+2][Cl].[Cl][Zr][Cl]. The van der Waals surface area contributed by atoms with Gasteiger partial charge in [0.1, 0.15) is 17.2 Å². The molecule has 13 aliphatic rings. The van der Waals surface area contributed by atoms with Gasteiger partial charge in [0, 0.05) is 112 Å². The van der Waals surface area contributed by atoms with E-state index in [0.717, 1.165) is 152 Å². The van der Waals surface area contributed by atoms with E-state index in [9.17, 15) is 15.3 Å². The summed E-state index contributed by atoms with van der Waals surface area (Å²) in [6.45, 7) is 27.1. The maximum atomic E-state index is 11.2. The molecule has 0 aliphatic heterocycles. The number of benzene rings is 5. The predicted molar refractivity (Wildman–Crippen MR) is 605 cm³/mol. The van der Waals surface area contributed by atoms with Crippen LogP contribution in [-0.4, -0.2) is 52.1 Å². The maximum absolute atomic E-state index is 11.2. The van der Waals surface area contributed by atoms with E-state index in [2.05, 4.69) is 307 Å². The number of hydrogen-bond acceptors (Lipinski definition) is 6. The molecule has 0 bridgehead atoms. The molecular formula is C127H163Cl6N3O3Zr3. The number of halogens is 6. The van der Waals surface area contributed by atoms with Crippen LogP contribution in [0.4, 0.5) is 0 Å². The Bertz CT molecular complexity index is 5280. The Kier molecular flexibility index (Phi) is 48.6. The van der Waals surface area contributed by atoms with E-state index in [-0.39, 0.29) is 62.2 Å². The van der Waals surface area contributed by atoms with Gasteiger partial charge < -0.3 is 45.0 Å². The van der Waals surface area contributed by atoms with E-state index in [1.807, 2.05) is 24.7 Å². The van der Waals surface area contributed by atoms with Crippen LogP contribution < -0.4 is 0 Å². The Morgan fingerprint density at radius 2 is 0.683 bits per heavy atom. The van der Waals surface area contributed by atoms with Crippen molar-refractivity contribution in [2.24, 2.45) is 96.8 Å². The van der Waals surface area contributed by atoms with Crippen molar-refractivity contribution in [1.82, 2.24) is 0 Å². The third-order valence-corrected chi connectivity index (χ3v) is 33.3. The van der Waals surface area contributed by atoms with Gasteiger partial charge in [0.2, 0.25) is 0 Å². The second kappa shape index (κ2) is 57.3. The second-order valence-corrected chi connectivity index (χ2v) is 56.2. The Balaban J connectivity index is 0.000000225. The van der Waals surface area contributed by atoms with Gasteiger partial charge in [-0.25, -0.2) is 0 Å². The molecule has 18 rings (SSSR count). The molecule has 0 saturated heterocycles. The van der Waals surface area contributed by atoms with Crippen molar-refractivity contribution >= 4 is 69.7 Å². The number of hydrogen-bond donors (Lipinski definition) is 3. The standard InChI is InChI=1S/C41H45NO.2C41H53NO.4CH3.6ClH.3Zr/c1-40(2,3)38-26-29(25-31(39(38)43)28-42-33-19-6-5-7-20-33)15-12-13-24-41(4,32-17-9-10-18-32)37-23-14-22-35-34-21-11-8-16-30(34)27-36(35)37;2*1-40(2,3)37-27-29(26-30(39(37)43)28-42-32-19-6-5-7-20-32)16-14-15-25-41(4,31-17-8-9-18-31)38-35-23-12-10-21-33(35)34-22-11-13-24-36(34)38;;;;;;;;;;;;;/h8-9,11,14,16-18,21-23,25-26,28,33,43H,5-7,10,13,19-20,24,27H2,1-4H3;2*10-13,21-24,26-28,31-36,38,43H,5-9,15,17-20,25H2,1-4H3;4*1H3;6*1H;;;/q;;;4*-1;;;;;;;+2;2*+4/p-6. The van der Waals surface area contributed by atoms with Crippen molar-refractivity contribution < 1.29 is 77.9 Å². The number of aromatic hydroxyl groups is 3. The first-order valence-corrected chi connectivity index (χ1v) is 71.0. The Hall–Kier alpha value is -5.02. The Morgan fingerprint density at radius 3 is 1.00 bits per heavy atom. The molecule has 7 saturated carbocycles. The summed E-state index contributed by atoms with van der Waals surface area (Å²) in [5, 5.41) is 33.7. The normalized spacial score (nSPS) is 23.9. The van der Waals surface area contributed by atoms with E-state index in [0.29, 0.717) is 94.6 Å². The van der Waals surface area contributed by atoms with E-state index in [4.69, 9.17) is 66.1 Å². The van der Waals surface area contributed by atoms with Crippen molar-refractivity contribution in [3.63, 3.8) is 0 Å². The minimum absolute atomic E-state index is 0. The molecule has 0 amide bonds.